The Morgan fingerprint density at radius 3 is 2.82 bits per heavy atom. The monoisotopic (exact) mass is 342 g/mol. The maximum absolute atomic E-state index is 12.5. The zero-order chi connectivity index (χ0) is 15.9. The molecule has 2 heterocycles. The molecule has 0 spiro atoms. The number of aryl methyl sites for hydroxylation is 2. The van der Waals surface area contributed by atoms with Crippen molar-refractivity contribution in [2.45, 2.75) is 31.7 Å². The van der Waals surface area contributed by atoms with Gasteiger partial charge in [-0.2, -0.15) is 0 Å². The first-order valence-electron chi connectivity index (χ1n) is 6.74. The van der Waals surface area contributed by atoms with Crippen LogP contribution in [0.3, 0.4) is 0 Å². The second-order valence-corrected chi connectivity index (χ2v) is 7.24. The van der Waals surface area contributed by atoms with Crippen molar-refractivity contribution in [1.82, 2.24) is 9.71 Å². The molecule has 8 heteroatoms. The summed E-state index contributed by atoms with van der Waals surface area (Å²) < 4.78 is 38.2. The van der Waals surface area contributed by atoms with E-state index in [-0.39, 0.29) is 11.4 Å². The Hall–Kier alpha value is -1.57. The van der Waals surface area contributed by atoms with Crippen LogP contribution in [0.4, 0.5) is 0 Å². The minimum absolute atomic E-state index is 0.0295. The highest BCUT2D eigenvalue weighted by Crippen LogP contribution is 2.35. The SMILES string of the molecule is Cc1nc(CNS(=O)(=O)c2cc(Cl)cc3c2OCC3)oc1C. The molecule has 0 saturated carbocycles. The molecule has 1 aromatic carbocycles. The lowest BCUT2D eigenvalue weighted by atomic mass is 10.2. The number of halogens is 1. The predicted octanol–water partition coefficient (Wildman–Crippen LogP) is 2.36. The molecule has 1 aliphatic heterocycles. The number of ether oxygens (including phenoxy) is 1. The van der Waals surface area contributed by atoms with Crippen LogP contribution in [0.25, 0.3) is 0 Å². The third-order valence-corrected chi connectivity index (χ3v) is 5.11. The molecule has 1 aliphatic rings. The lowest BCUT2D eigenvalue weighted by Gasteiger charge is -2.10. The molecule has 0 amide bonds. The summed E-state index contributed by atoms with van der Waals surface area (Å²) in [5, 5.41) is 0.368. The van der Waals surface area contributed by atoms with Gasteiger partial charge in [-0.25, -0.2) is 18.1 Å². The van der Waals surface area contributed by atoms with Gasteiger partial charge in [0.1, 0.15) is 16.4 Å². The number of hydrogen-bond donors (Lipinski definition) is 1. The van der Waals surface area contributed by atoms with Crippen molar-refractivity contribution < 1.29 is 17.6 Å². The van der Waals surface area contributed by atoms with Gasteiger partial charge in [0, 0.05) is 17.0 Å². The fraction of sp³-hybridized carbons (Fsp3) is 0.357. The molecule has 22 heavy (non-hydrogen) atoms. The second kappa shape index (κ2) is 5.57. The van der Waals surface area contributed by atoms with Gasteiger partial charge in [-0.15, -0.1) is 0 Å². The molecule has 2 aromatic rings. The highest BCUT2D eigenvalue weighted by Gasteiger charge is 2.26. The largest absolute Gasteiger partial charge is 0.492 e. The highest BCUT2D eigenvalue weighted by molar-refractivity contribution is 7.89. The minimum Gasteiger partial charge on any atom is -0.492 e. The minimum atomic E-state index is -3.77. The van der Waals surface area contributed by atoms with Gasteiger partial charge in [0.05, 0.1) is 18.8 Å². The molecule has 0 saturated heterocycles. The maximum atomic E-state index is 12.5. The first-order valence-corrected chi connectivity index (χ1v) is 8.61. The Labute approximate surface area is 133 Å². The van der Waals surface area contributed by atoms with Crippen molar-refractivity contribution >= 4 is 21.6 Å². The average molecular weight is 343 g/mol. The lowest BCUT2D eigenvalue weighted by Crippen LogP contribution is -2.24. The summed E-state index contributed by atoms with van der Waals surface area (Å²) in [6, 6.07) is 3.11. The molecular formula is C14H15ClN2O4S. The molecule has 0 fully saturated rings. The molecule has 118 valence electrons. The summed E-state index contributed by atoms with van der Waals surface area (Å²) in [6.45, 7) is 4.00. The van der Waals surface area contributed by atoms with E-state index in [9.17, 15) is 8.42 Å². The third-order valence-electron chi connectivity index (χ3n) is 3.49. The summed E-state index contributed by atoms with van der Waals surface area (Å²) >= 11 is 6.00. The number of benzene rings is 1. The van der Waals surface area contributed by atoms with E-state index in [2.05, 4.69) is 9.71 Å². The first-order chi connectivity index (χ1) is 10.4. The Balaban J connectivity index is 1.87. The van der Waals surface area contributed by atoms with Gasteiger partial charge in [0.2, 0.25) is 15.9 Å². The zero-order valence-electron chi connectivity index (χ0n) is 12.1. The Kier molecular flexibility index (Phi) is 3.88. The van der Waals surface area contributed by atoms with Crippen LogP contribution in [0.15, 0.2) is 21.4 Å². The number of sulfonamides is 1. The molecule has 3 rings (SSSR count). The zero-order valence-corrected chi connectivity index (χ0v) is 13.7. The number of fused-ring (bicyclic) bond motifs is 1. The Morgan fingerprint density at radius 2 is 2.14 bits per heavy atom. The second-order valence-electron chi connectivity index (χ2n) is 5.06. The molecule has 1 aromatic heterocycles. The van der Waals surface area contributed by atoms with Crippen LogP contribution in [0.2, 0.25) is 5.02 Å². The van der Waals surface area contributed by atoms with E-state index in [1.54, 1.807) is 19.9 Å². The van der Waals surface area contributed by atoms with Gasteiger partial charge in [-0.3, -0.25) is 0 Å². The molecule has 0 unspecified atom stereocenters. The molecule has 0 aliphatic carbocycles. The summed E-state index contributed by atoms with van der Waals surface area (Å²) in [5.74, 6) is 1.36. The fourth-order valence-corrected chi connectivity index (χ4v) is 3.77. The van der Waals surface area contributed by atoms with Crippen LogP contribution in [-0.4, -0.2) is 20.0 Å². The van der Waals surface area contributed by atoms with E-state index in [0.717, 1.165) is 11.3 Å². The van der Waals surface area contributed by atoms with E-state index in [1.165, 1.54) is 6.07 Å². The van der Waals surface area contributed by atoms with Crippen molar-refractivity contribution in [2.24, 2.45) is 0 Å². The van der Waals surface area contributed by atoms with Gasteiger partial charge in [0.25, 0.3) is 0 Å². The number of nitrogens with zero attached hydrogens (tertiary/aromatic N) is 1. The molecule has 1 N–H and O–H groups in total. The summed E-state index contributed by atoms with van der Waals surface area (Å²) in [4.78, 5) is 4.19. The van der Waals surface area contributed by atoms with Gasteiger partial charge >= 0.3 is 0 Å². The Morgan fingerprint density at radius 1 is 1.36 bits per heavy atom. The summed E-state index contributed by atoms with van der Waals surface area (Å²) in [5.41, 5.74) is 1.54. The predicted molar refractivity (Wildman–Crippen MR) is 80.7 cm³/mol. The standard InChI is InChI=1S/C14H15ClN2O4S/c1-8-9(2)21-13(17-8)7-16-22(18,19)12-6-11(15)5-10-3-4-20-14(10)12/h5-6,16H,3-4,7H2,1-2H3. The van der Waals surface area contributed by atoms with Crippen LogP contribution < -0.4 is 9.46 Å². The average Bonchev–Trinajstić information content (AvgIpc) is 3.03. The van der Waals surface area contributed by atoms with Crippen molar-refractivity contribution in [2.75, 3.05) is 6.61 Å². The van der Waals surface area contributed by atoms with E-state index in [0.29, 0.717) is 35.5 Å². The number of aromatic nitrogens is 1. The highest BCUT2D eigenvalue weighted by atomic mass is 35.5. The van der Waals surface area contributed by atoms with Crippen LogP contribution in [0, 0.1) is 13.8 Å². The summed E-state index contributed by atoms with van der Waals surface area (Å²) in [7, 11) is -3.77. The van der Waals surface area contributed by atoms with Crippen molar-refractivity contribution in [3.05, 3.63) is 40.1 Å². The van der Waals surface area contributed by atoms with Crippen LogP contribution in [0.1, 0.15) is 22.9 Å². The van der Waals surface area contributed by atoms with E-state index in [1.807, 2.05) is 0 Å². The van der Waals surface area contributed by atoms with E-state index >= 15 is 0 Å². The maximum Gasteiger partial charge on any atom is 0.244 e. The lowest BCUT2D eigenvalue weighted by molar-refractivity contribution is 0.348. The molecule has 0 radical (unpaired) electrons. The van der Waals surface area contributed by atoms with Crippen molar-refractivity contribution in [1.29, 1.82) is 0 Å². The smallest absolute Gasteiger partial charge is 0.244 e. The van der Waals surface area contributed by atoms with Crippen LogP contribution in [-0.2, 0) is 23.0 Å². The number of hydrogen-bond acceptors (Lipinski definition) is 5. The van der Waals surface area contributed by atoms with Crippen molar-refractivity contribution in [3.8, 4) is 5.75 Å². The van der Waals surface area contributed by atoms with Gasteiger partial charge in [-0.1, -0.05) is 11.6 Å². The topological polar surface area (TPSA) is 81.4 Å². The molecule has 0 atom stereocenters. The first kappa shape index (κ1) is 15.3. The number of nitrogens with one attached hydrogen (secondary N) is 1. The normalized spacial score (nSPS) is 14.0. The number of rotatable bonds is 4. The fourth-order valence-electron chi connectivity index (χ4n) is 2.28. The van der Waals surface area contributed by atoms with Gasteiger partial charge in [0.15, 0.2) is 0 Å². The molecule has 0 bridgehead atoms. The third kappa shape index (κ3) is 2.84. The summed E-state index contributed by atoms with van der Waals surface area (Å²) in [6.07, 6.45) is 0.649. The van der Waals surface area contributed by atoms with Gasteiger partial charge in [-0.05, 0) is 26.0 Å². The number of oxazole rings is 1. The van der Waals surface area contributed by atoms with Crippen LogP contribution >= 0.6 is 11.6 Å². The van der Waals surface area contributed by atoms with E-state index < -0.39 is 10.0 Å². The quantitative estimate of drug-likeness (QED) is 0.922. The van der Waals surface area contributed by atoms with Crippen molar-refractivity contribution in [3.63, 3.8) is 0 Å². The Bertz CT molecular complexity index is 810. The molecule has 6 nitrogen and oxygen atoms in total. The molecular weight excluding hydrogens is 328 g/mol. The van der Waals surface area contributed by atoms with E-state index in [4.69, 9.17) is 20.8 Å². The van der Waals surface area contributed by atoms with Crippen LogP contribution in [0.5, 0.6) is 5.75 Å². The van der Waals surface area contributed by atoms with Gasteiger partial charge < -0.3 is 9.15 Å².